The Morgan fingerprint density at radius 1 is 1.33 bits per heavy atom. The predicted molar refractivity (Wildman–Crippen MR) is 107 cm³/mol. The molecule has 0 amide bonds. The van der Waals surface area contributed by atoms with Crippen molar-refractivity contribution in [3.8, 4) is 0 Å². The summed E-state index contributed by atoms with van der Waals surface area (Å²) in [6.07, 6.45) is 5.87. The molecule has 1 aromatic carbocycles. The van der Waals surface area contributed by atoms with E-state index in [1.165, 1.54) is 19.3 Å². The standard InChI is InChI=1S/C18H29N3OS2/c1-3-19-18(21-16-9-10-17(13-16)23-2)20-11-12-24(22)14-15-7-5-4-6-8-15/h4-8,16-17H,3,9-14H2,1-2H3,(H2,19,20,21). The zero-order chi connectivity index (χ0) is 17.2. The van der Waals surface area contributed by atoms with Crippen LogP contribution in [0, 0.1) is 0 Å². The Morgan fingerprint density at radius 2 is 2.12 bits per heavy atom. The summed E-state index contributed by atoms with van der Waals surface area (Å²) < 4.78 is 12.2. The number of hydrogen-bond acceptors (Lipinski definition) is 3. The van der Waals surface area contributed by atoms with Crippen molar-refractivity contribution in [2.75, 3.05) is 25.1 Å². The highest BCUT2D eigenvalue weighted by molar-refractivity contribution is 7.99. The number of rotatable bonds is 8. The summed E-state index contributed by atoms with van der Waals surface area (Å²) in [5, 5.41) is 7.60. The number of nitrogens with zero attached hydrogens (tertiary/aromatic N) is 1. The molecule has 4 nitrogen and oxygen atoms in total. The maximum Gasteiger partial charge on any atom is 0.191 e. The van der Waals surface area contributed by atoms with Gasteiger partial charge < -0.3 is 10.6 Å². The van der Waals surface area contributed by atoms with Crippen molar-refractivity contribution in [3.63, 3.8) is 0 Å². The fraction of sp³-hybridized carbons (Fsp3) is 0.611. The van der Waals surface area contributed by atoms with E-state index in [-0.39, 0.29) is 0 Å². The summed E-state index contributed by atoms with van der Waals surface area (Å²) in [5.74, 6) is 2.07. The van der Waals surface area contributed by atoms with Crippen LogP contribution < -0.4 is 10.6 Å². The Labute approximate surface area is 152 Å². The van der Waals surface area contributed by atoms with E-state index in [1.807, 2.05) is 42.1 Å². The van der Waals surface area contributed by atoms with E-state index >= 15 is 0 Å². The second-order valence-electron chi connectivity index (χ2n) is 6.05. The summed E-state index contributed by atoms with van der Waals surface area (Å²) in [6.45, 7) is 3.51. The molecule has 2 N–H and O–H groups in total. The molecule has 24 heavy (non-hydrogen) atoms. The van der Waals surface area contributed by atoms with Crippen molar-refractivity contribution in [1.29, 1.82) is 0 Å². The van der Waals surface area contributed by atoms with Crippen LogP contribution >= 0.6 is 11.8 Å². The number of hydrogen-bond donors (Lipinski definition) is 2. The van der Waals surface area contributed by atoms with Crippen molar-refractivity contribution in [2.45, 2.75) is 43.2 Å². The molecule has 1 saturated carbocycles. The molecule has 1 fully saturated rings. The topological polar surface area (TPSA) is 53.5 Å². The average Bonchev–Trinajstić information content (AvgIpc) is 3.03. The van der Waals surface area contributed by atoms with Gasteiger partial charge in [0.25, 0.3) is 0 Å². The van der Waals surface area contributed by atoms with Crippen LogP contribution in [0.4, 0.5) is 0 Å². The third kappa shape index (κ3) is 6.85. The van der Waals surface area contributed by atoms with Crippen LogP contribution in [-0.4, -0.2) is 46.6 Å². The highest BCUT2D eigenvalue weighted by atomic mass is 32.2. The van der Waals surface area contributed by atoms with E-state index in [2.05, 4.69) is 28.8 Å². The highest BCUT2D eigenvalue weighted by Crippen LogP contribution is 2.27. The first-order valence-electron chi connectivity index (χ1n) is 8.67. The SMILES string of the molecule is CCNC(=NCCS(=O)Cc1ccccc1)NC1CCC(SC)C1. The molecule has 3 atom stereocenters. The Kier molecular flexibility index (Phi) is 8.67. The van der Waals surface area contributed by atoms with Crippen molar-refractivity contribution in [2.24, 2.45) is 4.99 Å². The van der Waals surface area contributed by atoms with Crippen molar-refractivity contribution < 1.29 is 4.21 Å². The van der Waals surface area contributed by atoms with Gasteiger partial charge in [-0.2, -0.15) is 11.8 Å². The van der Waals surface area contributed by atoms with Gasteiger partial charge in [-0.3, -0.25) is 9.20 Å². The van der Waals surface area contributed by atoms with Gasteiger partial charge in [0.1, 0.15) is 0 Å². The number of nitrogens with one attached hydrogen (secondary N) is 2. The molecule has 1 aliphatic rings. The highest BCUT2D eigenvalue weighted by Gasteiger charge is 2.24. The first-order chi connectivity index (χ1) is 11.7. The average molecular weight is 368 g/mol. The van der Waals surface area contributed by atoms with E-state index in [9.17, 15) is 4.21 Å². The minimum atomic E-state index is -0.868. The zero-order valence-electron chi connectivity index (χ0n) is 14.7. The maximum absolute atomic E-state index is 12.2. The van der Waals surface area contributed by atoms with Gasteiger partial charge in [-0.25, -0.2) is 0 Å². The second kappa shape index (κ2) is 10.8. The molecule has 134 valence electrons. The van der Waals surface area contributed by atoms with Crippen LogP contribution in [0.1, 0.15) is 31.7 Å². The Morgan fingerprint density at radius 3 is 2.79 bits per heavy atom. The van der Waals surface area contributed by atoms with Gasteiger partial charge in [0.2, 0.25) is 0 Å². The lowest BCUT2D eigenvalue weighted by Gasteiger charge is -2.17. The second-order valence-corrected chi connectivity index (χ2v) is 8.76. The van der Waals surface area contributed by atoms with Crippen LogP contribution in [0.5, 0.6) is 0 Å². The fourth-order valence-electron chi connectivity index (χ4n) is 2.89. The van der Waals surface area contributed by atoms with Gasteiger partial charge in [-0.15, -0.1) is 0 Å². The summed E-state index contributed by atoms with van der Waals surface area (Å²) in [4.78, 5) is 4.60. The fourth-order valence-corrected chi connectivity index (χ4v) is 4.69. The Bertz CT molecular complexity index is 536. The maximum atomic E-state index is 12.2. The first-order valence-corrected chi connectivity index (χ1v) is 11.5. The zero-order valence-corrected chi connectivity index (χ0v) is 16.3. The van der Waals surface area contributed by atoms with Gasteiger partial charge >= 0.3 is 0 Å². The largest absolute Gasteiger partial charge is 0.357 e. The third-order valence-electron chi connectivity index (χ3n) is 4.16. The summed E-state index contributed by atoms with van der Waals surface area (Å²) >= 11 is 1.96. The lowest BCUT2D eigenvalue weighted by Crippen LogP contribution is -2.42. The molecule has 0 saturated heterocycles. The quantitative estimate of drug-likeness (QED) is 0.548. The van der Waals surface area contributed by atoms with Gasteiger partial charge in [0.05, 0.1) is 6.54 Å². The monoisotopic (exact) mass is 367 g/mol. The van der Waals surface area contributed by atoms with E-state index in [0.717, 1.165) is 23.3 Å². The van der Waals surface area contributed by atoms with E-state index in [4.69, 9.17) is 0 Å². The lowest BCUT2D eigenvalue weighted by atomic mass is 10.2. The van der Waals surface area contributed by atoms with Crippen LogP contribution in [-0.2, 0) is 16.6 Å². The molecule has 6 heteroatoms. The Hall–Kier alpha value is -1.01. The molecule has 0 spiro atoms. The minimum absolute atomic E-state index is 0.509. The Balaban J connectivity index is 1.77. The normalized spacial score (nSPS) is 22.3. The molecule has 0 bridgehead atoms. The van der Waals surface area contributed by atoms with Gasteiger partial charge in [-0.1, -0.05) is 30.3 Å². The molecule has 2 rings (SSSR count). The van der Waals surface area contributed by atoms with Gasteiger partial charge in [0, 0.05) is 40.1 Å². The van der Waals surface area contributed by atoms with E-state index in [0.29, 0.717) is 24.1 Å². The van der Waals surface area contributed by atoms with Crippen molar-refractivity contribution in [1.82, 2.24) is 10.6 Å². The van der Waals surface area contributed by atoms with Crippen LogP contribution in [0.2, 0.25) is 0 Å². The molecule has 0 aromatic heterocycles. The minimum Gasteiger partial charge on any atom is -0.357 e. The number of benzene rings is 1. The lowest BCUT2D eigenvalue weighted by molar-refractivity contribution is 0.615. The molecule has 0 radical (unpaired) electrons. The van der Waals surface area contributed by atoms with E-state index in [1.54, 1.807) is 0 Å². The summed E-state index contributed by atoms with van der Waals surface area (Å²) in [7, 11) is -0.868. The molecule has 3 unspecified atom stereocenters. The number of aliphatic imine (C=N–C) groups is 1. The van der Waals surface area contributed by atoms with Crippen molar-refractivity contribution in [3.05, 3.63) is 35.9 Å². The first kappa shape index (κ1) is 19.3. The molecule has 1 aliphatic carbocycles. The number of guanidine groups is 1. The van der Waals surface area contributed by atoms with Crippen molar-refractivity contribution >= 4 is 28.5 Å². The smallest absolute Gasteiger partial charge is 0.191 e. The molecular formula is C18H29N3OS2. The van der Waals surface area contributed by atoms with Gasteiger partial charge in [0.15, 0.2) is 5.96 Å². The summed E-state index contributed by atoms with van der Waals surface area (Å²) in [6, 6.07) is 10.5. The molecule has 0 heterocycles. The predicted octanol–water partition coefficient (Wildman–Crippen LogP) is 2.77. The van der Waals surface area contributed by atoms with Crippen LogP contribution in [0.3, 0.4) is 0 Å². The third-order valence-corrected chi connectivity index (χ3v) is 6.55. The molecule has 1 aromatic rings. The van der Waals surface area contributed by atoms with E-state index < -0.39 is 10.8 Å². The molecule has 0 aliphatic heterocycles. The van der Waals surface area contributed by atoms with Gasteiger partial charge in [-0.05, 0) is 38.0 Å². The number of thioether (sulfide) groups is 1. The van der Waals surface area contributed by atoms with Crippen LogP contribution in [0.25, 0.3) is 0 Å². The van der Waals surface area contributed by atoms with Crippen LogP contribution in [0.15, 0.2) is 35.3 Å². The molecular weight excluding hydrogens is 338 g/mol. The summed E-state index contributed by atoms with van der Waals surface area (Å²) in [5.41, 5.74) is 1.12.